The molecular weight excluding hydrogens is 392 g/mol. The number of hydrogen-bond donors (Lipinski definition) is 1. The van der Waals surface area contributed by atoms with E-state index in [1.54, 1.807) is 30.0 Å². The Hall–Kier alpha value is -1.99. The van der Waals surface area contributed by atoms with Crippen LogP contribution in [0.4, 0.5) is 5.69 Å². The fourth-order valence-corrected chi connectivity index (χ4v) is 4.96. The highest BCUT2D eigenvalue weighted by Gasteiger charge is 2.40. The van der Waals surface area contributed by atoms with Crippen molar-refractivity contribution in [3.63, 3.8) is 0 Å². The first-order valence-electron chi connectivity index (χ1n) is 9.36. The van der Waals surface area contributed by atoms with Crippen LogP contribution in [0.3, 0.4) is 0 Å². The smallest absolute Gasteiger partial charge is 0.233 e. The van der Waals surface area contributed by atoms with Crippen molar-refractivity contribution >= 4 is 39.9 Å². The number of amides is 1. The molecule has 1 N–H and O–H groups in total. The number of carbonyl (C=O) groups is 1. The second-order valence-corrected chi connectivity index (χ2v) is 8.90. The minimum absolute atomic E-state index is 0.0242. The van der Waals surface area contributed by atoms with Gasteiger partial charge in [-0.25, -0.2) is 0 Å². The maximum Gasteiger partial charge on any atom is 0.233 e. The van der Waals surface area contributed by atoms with Crippen LogP contribution in [0.15, 0.2) is 47.1 Å². The quantitative estimate of drug-likeness (QED) is 0.641. The lowest BCUT2D eigenvalue weighted by Crippen LogP contribution is -2.46. The van der Waals surface area contributed by atoms with Gasteiger partial charge in [0.15, 0.2) is 0 Å². The van der Waals surface area contributed by atoms with Gasteiger partial charge in [-0.1, -0.05) is 44.8 Å². The summed E-state index contributed by atoms with van der Waals surface area (Å²) >= 11 is 7.07. The van der Waals surface area contributed by atoms with Gasteiger partial charge in [-0.3, -0.25) is 9.69 Å². The van der Waals surface area contributed by atoms with Crippen molar-refractivity contribution in [2.45, 2.75) is 32.9 Å². The molecule has 2 heterocycles. The summed E-state index contributed by atoms with van der Waals surface area (Å²) < 4.78 is 11.5. The Morgan fingerprint density at radius 3 is 2.57 bits per heavy atom. The van der Waals surface area contributed by atoms with Gasteiger partial charge in [0, 0.05) is 17.5 Å². The van der Waals surface area contributed by atoms with Crippen LogP contribution >= 0.6 is 24.0 Å². The van der Waals surface area contributed by atoms with Crippen molar-refractivity contribution in [2.75, 3.05) is 18.2 Å². The molecule has 0 spiro atoms. The Morgan fingerprint density at radius 1 is 1.29 bits per heavy atom. The molecule has 3 atom stereocenters. The molecule has 1 aliphatic heterocycles. The Morgan fingerprint density at radius 2 is 2.00 bits per heavy atom. The van der Waals surface area contributed by atoms with Crippen molar-refractivity contribution in [1.29, 1.82) is 0 Å². The maximum atomic E-state index is 13.4. The number of rotatable bonds is 7. The van der Waals surface area contributed by atoms with Gasteiger partial charge in [-0.15, -0.1) is 0 Å². The van der Waals surface area contributed by atoms with Crippen LogP contribution in [-0.4, -0.2) is 34.0 Å². The second-order valence-electron chi connectivity index (χ2n) is 7.25. The minimum atomic E-state index is -0.355. The molecule has 0 bridgehead atoms. The Balaban J connectivity index is 1.85. The van der Waals surface area contributed by atoms with E-state index in [9.17, 15) is 4.79 Å². The van der Waals surface area contributed by atoms with E-state index in [-0.39, 0.29) is 23.9 Å². The summed E-state index contributed by atoms with van der Waals surface area (Å²) in [6.07, 6.45) is 1.63. The highest BCUT2D eigenvalue weighted by Crippen LogP contribution is 2.34. The zero-order chi connectivity index (χ0) is 20.3. The predicted octanol–water partition coefficient (Wildman–Crippen LogP) is 4.96. The minimum Gasteiger partial charge on any atom is -0.497 e. The van der Waals surface area contributed by atoms with Crippen LogP contribution in [0.1, 0.15) is 32.6 Å². The molecule has 1 aromatic carbocycles. The van der Waals surface area contributed by atoms with E-state index in [2.05, 4.69) is 19.2 Å². The third-order valence-corrected chi connectivity index (χ3v) is 6.57. The third kappa shape index (κ3) is 4.36. The molecule has 2 unspecified atom stereocenters. The van der Waals surface area contributed by atoms with Gasteiger partial charge in [0.05, 0.1) is 25.3 Å². The number of hydrogen-bond acceptors (Lipinski definition) is 6. The first kappa shape index (κ1) is 20.7. The third-order valence-electron chi connectivity index (χ3n) is 5.06. The van der Waals surface area contributed by atoms with Crippen LogP contribution in [0.25, 0.3) is 0 Å². The summed E-state index contributed by atoms with van der Waals surface area (Å²) in [6.45, 7) is 6.18. The average Bonchev–Trinajstić information content (AvgIpc) is 3.35. The number of ether oxygens (including phenoxy) is 1. The summed E-state index contributed by atoms with van der Waals surface area (Å²) in [5, 5.41) is 3.45. The molecule has 5 nitrogen and oxygen atoms in total. The number of benzene rings is 1. The van der Waals surface area contributed by atoms with Crippen molar-refractivity contribution < 1.29 is 13.9 Å². The van der Waals surface area contributed by atoms with Crippen LogP contribution in [0.5, 0.6) is 5.75 Å². The number of nitrogens with zero attached hydrogens (tertiary/aromatic N) is 1. The van der Waals surface area contributed by atoms with Crippen LogP contribution in [-0.2, 0) is 4.79 Å². The molecule has 0 radical (unpaired) electrons. The van der Waals surface area contributed by atoms with Crippen molar-refractivity contribution in [3.05, 3.63) is 48.4 Å². The highest BCUT2D eigenvalue weighted by molar-refractivity contribution is 8.23. The molecule has 7 heteroatoms. The molecule has 2 aromatic rings. The summed E-state index contributed by atoms with van der Waals surface area (Å²) in [5.74, 6) is 2.37. The zero-order valence-corrected chi connectivity index (χ0v) is 18.2. The standard InChI is InChI=1S/C21H26N2O3S2/c1-13(2)17-12-28-21(27)23(17)20(24)14(3)19(18-6-5-11-26-18)22-15-7-9-16(25-4)10-8-15/h5-11,13-14,17,19,22H,12H2,1-4H3/t14?,17-,19?/m1/s1. The summed E-state index contributed by atoms with van der Waals surface area (Å²) in [4.78, 5) is 15.2. The first-order valence-corrected chi connectivity index (χ1v) is 10.8. The van der Waals surface area contributed by atoms with Crippen LogP contribution in [0, 0.1) is 11.8 Å². The Kier molecular flexibility index (Phi) is 6.67. The lowest BCUT2D eigenvalue weighted by Gasteiger charge is -2.32. The van der Waals surface area contributed by atoms with Gasteiger partial charge in [-0.2, -0.15) is 0 Å². The van der Waals surface area contributed by atoms with Crippen molar-refractivity contribution in [3.8, 4) is 5.75 Å². The van der Waals surface area contributed by atoms with Gasteiger partial charge in [-0.05, 0) is 42.3 Å². The largest absolute Gasteiger partial charge is 0.497 e. The summed E-state index contributed by atoms with van der Waals surface area (Å²) in [7, 11) is 1.64. The van der Waals surface area contributed by atoms with Crippen molar-refractivity contribution in [1.82, 2.24) is 4.90 Å². The summed E-state index contributed by atoms with van der Waals surface area (Å²) in [6, 6.07) is 11.2. The lowest BCUT2D eigenvalue weighted by molar-refractivity contribution is -0.133. The number of nitrogens with one attached hydrogen (secondary N) is 1. The number of furan rings is 1. The molecule has 1 saturated heterocycles. The average molecular weight is 419 g/mol. The number of carbonyl (C=O) groups excluding carboxylic acids is 1. The molecule has 3 rings (SSSR count). The topological polar surface area (TPSA) is 54.7 Å². The van der Waals surface area contributed by atoms with Crippen LogP contribution in [0.2, 0.25) is 0 Å². The van der Waals surface area contributed by atoms with E-state index in [1.165, 1.54) is 0 Å². The van der Waals surface area contributed by atoms with Gasteiger partial charge in [0.1, 0.15) is 15.8 Å². The van der Waals surface area contributed by atoms with Gasteiger partial charge in [0.2, 0.25) is 5.91 Å². The van der Waals surface area contributed by atoms with Crippen molar-refractivity contribution in [2.24, 2.45) is 11.8 Å². The van der Waals surface area contributed by atoms with Crippen LogP contribution < -0.4 is 10.1 Å². The Bertz CT molecular complexity index is 806. The normalized spacial score (nSPS) is 19.0. The molecule has 0 aliphatic carbocycles. The molecule has 1 fully saturated rings. The van der Waals surface area contributed by atoms with E-state index in [4.69, 9.17) is 21.4 Å². The molecule has 1 aromatic heterocycles. The van der Waals surface area contributed by atoms with E-state index in [0.29, 0.717) is 10.2 Å². The second kappa shape index (κ2) is 9.01. The molecule has 0 saturated carbocycles. The maximum absolute atomic E-state index is 13.4. The van der Waals surface area contributed by atoms with Gasteiger partial charge < -0.3 is 14.5 Å². The van der Waals surface area contributed by atoms with E-state index in [0.717, 1.165) is 22.9 Å². The summed E-state index contributed by atoms with van der Waals surface area (Å²) in [5.41, 5.74) is 0.889. The molecule has 28 heavy (non-hydrogen) atoms. The predicted molar refractivity (Wildman–Crippen MR) is 118 cm³/mol. The monoisotopic (exact) mass is 418 g/mol. The van der Waals surface area contributed by atoms with E-state index in [1.807, 2.05) is 43.3 Å². The molecular formula is C21H26N2O3S2. The molecule has 1 amide bonds. The highest BCUT2D eigenvalue weighted by atomic mass is 32.2. The first-order chi connectivity index (χ1) is 13.4. The SMILES string of the molecule is COc1ccc(NC(c2ccco2)C(C)C(=O)N2C(=S)SC[C@@H]2C(C)C)cc1. The van der Waals surface area contributed by atoms with Gasteiger partial charge in [0.25, 0.3) is 0 Å². The zero-order valence-electron chi connectivity index (χ0n) is 16.5. The molecule has 150 valence electrons. The lowest BCUT2D eigenvalue weighted by atomic mass is 9.95. The Labute approximate surface area is 175 Å². The fourth-order valence-electron chi connectivity index (χ4n) is 3.32. The fraction of sp³-hybridized carbons (Fsp3) is 0.429. The number of methoxy groups -OCH3 is 1. The molecule has 1 aliphatic rings. The number of thioether (sulfide) groups is 1. The van der Waals surface area contributed by atoms with E-state index < -0.39 is 0 Å². The number of thiocarbonyl (C=S) groups is 1. The number of anilines is 1. The van der Waals surface area contributed by atoms with Gasteiger partial charge >= 0.3 is 0 Å². The van der Waals surface area contributed by atoms with E-state index >= 15 is 0 Å².